The van der Waals surface area contributed by atoms with E-state index < -0.39 is 19.7 Å². The van der Waals surface area contributed by atoms with Crippen molar-refractivity contribution >= 4 is 18.4 Å². The van der Waals surface area contributed by atoms with E-state index in [0.29, 0.717) is 0 Å². The number of likely N-dealkylation sites (tertiary alicyclic amines) is 1. The number of aliphatic hydroxyl groups excluding tert-OH is 1. The Hall–Kier alpha value is -3.76. The molecule has 1 heterocycles. The maximum absolute atomic E-state index is 12.2. The molecule has 0 spiro atoms. The lowest BCUT2D eigenvalue weighted by molar-refractivity contribution is -0.0523. The summed E-state index contributed by atoms with van der Waals surface area (Å²) in [6, 6.07) is 55.1. The zero-order chi connectivity index (χ0) is 27.4. The highest BCUT2D eigenvalue weighted by atomic mass is 28.3. The van der Waals surface area contributed by atoms with E-state index in [1.54, 1.807) is 0 Å². The molecule has 200 valence electrons. The molecule has 0 amide bonds. The van der Waals surface area contributed by atoms with Crippen LogP contribution in [-0.4, -0.2) is 36.8 Å². The molecule has 0 radical (unpaired) electrons. The third-order valence-corrected chi connectivity index (χ3v) is 13.4. The van der Waals surface area contributed by atoms with Gasteiger partial charge < -0.3 is 5.11 Å². The van der Waals surface area contributed by atoms with E-state index in [-0.39, 0.29) is 6.04 Å². The second kappa shape index (κ2) is 11.4. The second-order valence-electron chi connectivity index (χ2n) is 11.2. The van der Waals surface area contributed by atoms with Crippen molar-refractivity contribution in [2.45, 2.75) is 36.7 Å². The summed E-state index contributed by atoms with van der Waals surface area (Å²) >= 11 is 0. The van der Waals surface area contributed by atoms with Gasteiger partial charge in [-0.3, -0.25) is 4.90 Å². The molecular weight excluding hydrogens is 502 g/mol. The Balaban J connectivity index is 1.45. The van der Waals surface area contributed by atoms with Crippen molar-refractivity contribution in [3.8, 4) is 0 Å². The van der Waals surface area contributed by atoms with Crippen LogP contribution in [0, 0.1) is 0 Å². The predicted octanol–water partition coefficient (Wildman–Crippen LogP) is 6.31. The molecule has 6 rings (SSSR count). The Morgan fingerprint density at radius 3 is 1.30 bits per heavy atom. The first-order valence-corrected chi connectivity index (χ1v) is 17.1. The average molecular weight is 540 g/mol. The van der Waals surface area contributed by atoms with Crippen LogP contribution in [0.25, 0.3) is 0 Å². The number of hydrogen-bond donors (Lipinski definition) is 1. The van der Waals surface area contributed by atoms with Crippen molar-refractivity contribution in [1.82, 2.24) is 4.90 Å². The summed E-state index contributed by atoms with van der Waals surface area (Å²) in [5.74, 6) is 0. The summed E-state index contributed by atoms with van der Waals surface area (Å²) in [6.45, 7) is 3.35. The predicted molar refractivity (Wildman–Crippen MR) is 169 cm³/mol. The lowest BCUT2D eigenvalue weighted by atomic mass is 9.72. The number of nitrogens with zero attached hydrogens (tertiary/aromatic N) is 1. The maximum Gasteiger partial charge on any atom is 0.117 e. The lowest BCUT2D eigenvalue weighted by Crippen LogP contribution is -2.66. The van der Waals surface area contributed by atoms with Gasteiger partial charge in [-0.1, -0.05) is 169 Å². The second-order valence-corrected chi connectivity index (χ2v) is 15.4. The van der Waals surface area contributed by atoms with Gasteiger partial charge in [-0.2, -0.15) is 0 Å². The largest absolute Gasteiger partial charge is 0.392 e. The summed E-state index contributed by atoms with van der Waals surface area (Å²) in [4.78, 5) is 2.57. The minimum Gasteiger partial charge on any atom is -0.392 e. The third-order valence-electron chi connectivity index (χ3n) is 8.96. The van der Waals surface area contributed by atoms with E-state index in [1.165, 1.54) is 27.1 Å². The van der Waals surface area contributed by atoms with Crippen LogP contribution < -0.4 is 10.4 Å². The van der Waals surface area contributed by atoms with Gasteiger partial charge in [-0.05, 0) is 29.2 Å². The van der Waals surface area contributed by atoms with Crippen molar-refractivity contribution < 1.29 is 5.11 Å². The van der Waals surface area contributed by atoms with Crippen LogP contribution in [0.1, 0.15) is 23.1 Å². The Kier molecular flexibility index (Phi) is 7.53. The van der Waals surface area contributed by atoms with Crippen molar-refractivity contribution in [3.05, 3.63) is 168 Å². The number of rotatable bonds is 9. The molecule has 1 aliphatic rings. The third kappa shape index (κ3) is 4.64. The summed E-state index contributed by atoms with van der Waals surface area (Å²) in [5.41, 5.74) is 3.20. The molecule has 2 nitrogen and oxygen atoms in total. The molecule has 1 unspecified atom stereocenters. The number of benzene rings is 5. The first-order valence-electron chi connectivity index (χ1n) is 14.4. The smallest absolute Gasteiger partial charge is 0.117 e. The van der Waals surface area contributed by atoms with E-state index in [2.05, 4.69) is 163 Å². The maximum atomic E-state index is 12.2. The highest BCUT2D eigenvalue weighted by molar-refractivity contribution is 7.01. The zero-order valence-electron chi connectivity index (χ0n) is 23.1. The summed E-state index contributed by atoms with van der Waals surface area (Å²) in [7, 11) is -2.21. The first-order chi connectivity index (χ1) is 19.6. The zero-order valence-corrected chi connectivity index (χ0v) is 24.1. The van der Waals surface area contributed by atoms with Crippen molar-refractivity contribution in [1.29, 1.82) is 0 Å². The van der Waals surface area contributed by atoms with Gasteiger partial charge in [-0.25, -0.2) is 0 Å². The van der Waals surface area contributed by atoms with Crippen LogP contribution in [-0.2, 0) is 5.54 Å². The van der Waals surface area contributed by atoms with Crippen molar-refractivity contribution in [2.24, 2.45) is 0 Å². The van der Waals surface area contributed by atoms with Gasteiger partial charge in [0.2, 0.25) is 0 Å². The minimum atomic E-state index is -2.21. The minimum absolute atomic E-state index is 0.0415. The van der Waals surface area contributed by atoms with Crippen LogP contribution in [0.3, 0.4) is 0 Å². The highest BCUT2D eigenvalue weighted by Crippen LogP contribution is 2.47. The molecule has 1 N–H and O–H groups in total. The topological polar surface area (TPSA) is 23.5 Å². The fourth-order valence-electron chi connectivity index (χ4n) is 6.83. The standard InChI is InChI=1S/C37H37NOSi/c1-40(33-23-13-5-14-24-33,34-25-15-6-16-26-34)29-36(39)35-27-28-38(35)37(30-17-7-2-8-18-30,31-19-9-3-10-20-31)32-21-11-4-12-22-32/h2-26,35-36,39H,27-29H2,1H3/t35?,36-/m1/s1. The van der Waals surface area contributed by atoms with Crippen LogP contribution in [0.15, 0.2) is 152 Å². The molecule has 1 aliphatic heterocycles. The van der Waals surface area contributed by atoms with Crippen LogP contribution in [0.2, 0.25) is 12.6 Å². The molecule has 0 saturated carbocycles. The quantitative estimate of drug-likeness (QED) is 0.175. The fraction of sp³-hybridized carbons (Fsp3) is 0.189. The van der Waals surface area contributed by atoms with E-state index in [0.717, 1.165) is 19.0 Å². The average Bonchev–Trinajstić information content (AvgIpc) is 3.01. The summed E-state index contributed by atoms with van der Waals surface area (Å²) in [5, 5.41) is 14.9. The van der Waals surface area contributed by atoms with Gasteiger partial charge in [0.1, 0.15) is 8.07 Å². The SMILES string of the molecule is C[Si](C[C@@H](O)C1CCN1C(c1ccccc1)(c1ccccc1)c1ccccc1)(c1ccccc1)c1ccccc1. The van der Waals surface area contributed by atoms with Gasteiger partial charge in [0, 0.05) is 12.6 Å². The van der Waals surface area contributed by atoms with Gasteiger partial charge in [-0.15, -0.1) is 0 Å². The van der Waals surface area contributed by atoms with Crippen LogP contribution in [0.4, 0.5) is 0 Å². The number of hydrogen-bond acceptors (Lipinski definition) is 2. The Morgan fingerprint density at radius 1 is 0.625 bits per heavy atom. The normalized spacial score (nSPS) is 16.7. The van der Waals surface area contributed by atoms with Crippen LogP contribution in [0.5, 0.6) is 0 Å². The Morgan fingerprint density at radius 2 is 0.975 bits per heavy atom. The molecule has 2 atom stereocenters. The summed E-state index contributed by atoms with van der Waals surface area (Å²) in [6.07, 6.45) is 0.519. The van der Waals surface area contributed by atoms with E-state index in [9.17, 15) is 5.11 Å². The molecule has 5 aromatic rings. The highest BCUT2D eigenvalue weighted by Gasteiger charge is 2.51. The molecule has 5 aromatic carbocycles. The molecule has 3 heteroatoms. The monoisotopic (exact) mass is 539 g/mol. The summed E-state index contributed by atoms with van der Waals surface area (Å²) < 4.78 is 0. The Bertz CT molecular complexity index is 1360. The van der Waals surface area contributed by atoms with Gasteiger partial charge >= 0.3 is 0 Å². The van der Waals surface area contributed by atoms with E-state index in [1.807, 2.05) is 0 Å². The van der Waals surface area contributed by atoms with Crippen molar-refractivity contribution in [2.75, 3.05) is 6.54 Å². The fourth-order valence-corrected chi connectivity index (χ4v) is 10.6. The molecule has 40 heavy (non-hydrogen) atoms. The van der Waals surface area contributed by atoms with Crippen LogP contribution >= 0.6 is 0 Å². The molecule has 0 aromatic heterocycles. The number of aliphatic hydroxyl groups is 1. The molecule has 0 aliphatic carbocycles. The van der Waals surface area contributed by atoms with Gasteiger partial charge in [0.25, 0.3) is 0 Å². The van der Waals surface area contributed by atoms with Gasteiger partial charge in [0.05, 0.1) is 11.6 Å². The molecular formula is C37H37NOSi. The van der Waals surface area contributed by atoms with E-state index in [4.69, 9.17) is 0 Å². The van der Waals surface area contributed by atoms with Gasteiger partial charge in [0.15, 0.2) is 0 Å². The molecule has 1 fully saturated rings. The van der Waals surface area contributed by atoms with E-state index >= 15 is 0 Å². The first kappa shape index (κ1) is 26.5. The molecule has 0 bridgehead atoms. The molecule has 1 saturated heterocycles. The lowest BCUT2D eigenvalue weighted by Gasteiger charge is -2.56. The van der Waals surface area contributed by atoms with Crippen molar-refractivity contribution in [3.63, 3.8) is 0 Å². The Labute approximate surface area is 239 Å².